The monoisotopic (exact) mass is 306 g/mol. The Morgan fingerprint density at radius 3 is 2.65 bits per heavy atom. The summed E-state index contributed by atoms with van der Waals surface area (Å²) in [6.07, 6.45) is 6.19. The van der Waals surface area contributed by atoms with Crippen LogP contribution in [0.1, 0.15) is 24.3 Å². The fourth-order valence-corrected chi connectivity index (χ4v) is 2.50. The van der Waals surface area contributed by atoms with E-state index in [-0.39, 0.29) is 0 Å². The van der Waals surface area contributed by atoms with Crippen LogP contribution in [-0.2, 0) is 0 Å². The molecule has 0 unspecified atom stereocenters. The van der Waals surface area contributed by atoms with Crippen LogP contribution in [0.5, 0.6) is 0 Å². The zero-order valence-corrected chi connectivity index (χ0v) is 12.4. The molecule has 1 fully saturated rings. The largest absolute Gasteiger partial charge is 0.325 e. The molecule has 3 aromatic rings. The van der Waals surface area contributed by atoms with Crippen LogP contribution in [0, 0.1) is 5.95 Å². The molecule has 0 atom stereocenters. The Balaban J connectivity index is 1.57. The van der Waals surface area contributed by atoms with E-state index in [1.54, 1.807) is 18.3 Å². The predicted octanol–water partition coefficient (Wildman–Crippen LogP) is 4.30. The third-order valence-electron chi connectivity index (χ3n) is 3.86. The van der Waals surface area contributed by atoms with Gasteiger partial charge < -0.3 is 5.32 Å². The molecule has 1 aliphatic rings. The highest BCUT2D eigenvalue weighted by Gasteiger charge is 2.23. The summed E-state index contributed by atoms with van der Waals surface area (Å²) in [5.41, 5.74) is 3.17. The molecule has 4 rings (SSSR count). The number of halogens is 1. The van der Waals surface area contributed by atoms with Crippen LogP contribution in [0.2, 0.25) is 0 Å². The van der Waals surface area contributed by atoms with Gasteiger partial charge in [0.15, 0.2) is 0 Å². The third kappa shape index (κ3) is 3.18. The van der Waals surface area contributed by atoms with Crippen molar-refractivity contribution in [3.8, 4) is 11.3 Å². The van der Waals surface area contributed by atoms with Gasteiger partial charge in [0.2, 0.25) is 5.95 Å². The molecule has 3 heterocycles. The van der Waals surface area contributed by atoms with Crippen molar-refractivity contribution in [3.05, 3.63) is 66.4 Å². The van der Waals surface area contributed by atoms with Crippen molar-refractivity contribution in [2.45, 2.75) is 18.8 Å². The summed E-state index contributed by atoms with van der Waals surface area (Å²) < 4.78 is 13.1. The highest BCUT2D eigenvalue weighted by atomic mass is 19.1. The first-order valence-corrected chi connectivity index (χ1v) is 7.60. The van der Waals surface area contributed by atoms with Crippen LogP contribution in [-0.4, -0.2) is 15.0 Å². The Hall–Kier alpha value is -2.82. The molecule has 1 N–H and O–H groups in total. The number of pyridine rings is 3. The van der Waals surface area contributed by atoms with Gasteiger partial charge in [-0.25, -0.2) is 9.97 Å². The summed E-state index contributed by atoms with van der Waals surface area (Å²) in [7, 11) is 0. The van der Waals surface area contributed by atoms with Gasteiger partial charge in [-0.2, -0.15) is 4.39 Å². The number of hydrogen-bond acceptors (Lipinski definition) is 4. The zero-order chi connectivity index (χ0) is 15.6. The summed E-state index contributed by atoms with van der Waals surface area (Å²) >= 11 is 0. The summed E-state index contributed by atoms with van der Waals surface area (Å²) in [6, 6.07) is 12.6. The number of nitrogens with zero attached hydrogens (tertiary/aromatic N) is 3. The molecule has 1 aliphatic carbocycles. The Labute approximate surface area is 133 Å². The van der Waals surface area contributed by atoms with Crippen LogP contribution in [0.25, 0.3) is 11.3 Å². The molecular formula is C18H15FN4. The van der Waals surface area contributed by atoms with Gasteiger partial charge >= 0.3 is 0 Å². The molecule has 0 aliphatic heterocycles. The Bertz CT molecular complexity index is 828. The quantitative estimate of drug-likeness (QED) is 0.730. The van der Waals surface area contributed by atoms with Gasteiger partial charge in [-0.05, 0) is 54.7 Å². The third-order valence-corrected chi connectivity index (χ3v) is 3.86. The van der Waals surface area contributed by atoms with Crippen molar-refractivity contribution in [1.82, 2.24) is 15.0 Å². The first-order chi connectivity index (χ1) is 11.3. The maximum Gasteiger partial charge on any atom is 0.214 e. The number of hydrogen-bond donors (Lipinski definition) is 1. The first-order valence-electron chi connectivity index (χ1n) is 7.60. The summed E-state index contributed by atoms with van der Waals surface area (Å²) in [4.78, 5) is 12.6. The minimum absolute atomic E-state index is 0.423. The zero-order valence-electron chi connectivity index (χ0n) is 12.4. The van der Waals surface area contributed by atoms with Crippen molar-refractivity contribution >= 4 is 11.6 Å². The number of anilines is 2. The molecule has 0 spiro atoms. The van der Waals surface area contributed by atoms with Crippen molar-refractivity contribution in [2.24, 2.45) is 0 Å². The minimum atomic E-state index is -0.525. The van der Waals surface area contributed by atoms with Crippen molar-refractivity contribution in [2.75, 3.05) is 5.32 Å². The molecule has 5 heteroatoms. The number of aromatic nitrogens is 3. The first kappa shape index (κ1) is 13.8. The molecule has 1 saturated carbocycles. The molecular weight excluding hydrogens is 291 g/mol. The topological polar surface area (TPSA) is 50.7 Å². The lowest BCUT2D eigenvalue weighted by molar-refractivity contribution is 0.585. The van der Waals surface area contributed by atoms with E-state index in [0.29, 0.717) is 17.6 Å². The Kier molecular flexibility index (Phi) is 3.46. The molecule has 0 aromatic carbocycles. The fourth-order valence-electron chi connectivity index (χ4n) is 2.50. The van der Waals surface area contributed by atoms with Gasteiger partial charge in [0, 0.05) is 18.0 Å². The summed E-state index contributed by atoms with van der Waals surface area (Å²) in [5, 5.41) is 3.00. The van der Waals surface area contributed by atoms with Gasteiger partial charge in [-0.1, -0.05) is 12.1 Å². The second-order valence-electron chi connectivity index (χ2n) is 5.65. The normalized spacial score (nSPS) is 13.8. The van der Waals surface area contributed by atoms with E-state index in [1.165, 1.54) is 24.5 Å². The maximum atomic E-state index is 13.1. The van der Waals surface area contributed by atoms with Crippen LogP contribution in [0.4, 0.5) is 16.0 Å². The predicted molar refractivity (Wildman–Crippen MR) is 86.9 cm³/mol. The summed E-state index contributed by atoms with van der Waals surface area (Å²) in [5.74, 6) is 1.20. The SMILES string of the molecule is Fc1cccc(Nc2cc(-c3ccc(C4CC4)cn3)ccn2)n1. The second kappa shape index (κ2) is 5.76. The molecule has 114 valence electrons. The molecule has 0 radical (unpaired) electrons. The highest BCUT2D eigenvalue weighted by Crippen LogP contribution is 2.39. The van der Waals surface area contributed by atoms with E-state index in [2.05, 4.69) is 26.3 Å². The average molecular weight is 306 g/mol. The van der Waals surface area contributed by atoms with Crippen molar-refractivity contribution < 1.29 is 4.39 Å². The van der Waals surface area contributed by atoms with E-state index in [4.69, 9.17) is 0 Å². The minimum Gasteiger partial charge on any atom is -0.325 e. The Morgan fingerprint density at radius 1 is 1.00 bits per heavy atom. The molecule has 4 nitrogen and oxygen atoms in total. The van der Waals surface area contributed by atoms with Crippen LogP contribution in [0.15, 0.2) is 54.9 Å². The number of rotatable bonds is 4. The van der Waals surface area contributed by atoms with E-state index < -0.39 is 5.95 Å². The lowest BCUT2D eigenvalue weighted by Crippen LogP contribution is -1.97. The molecule has 3 aromatic heterocycles. The van der Waals surface area contributed by atoms with Crippen LogP contribution >= 0.6 is 0 Å². The Morgan fingerprint density at radius 2 is 1.91 bits per heavy atom. The van der Waals surface area contributed by atoms with Gasteiger partial charge in [0.1, 0.15) is 11.6 Å². The van der Waals surface area contributed by atoms with E-state index in [1.807, 2.05) is 24.4 Å². The number of nitrogens with one attached hydrogen (secondary N) is 1. The van der Waals surface area contributed by atoms with Gasteiger partial charge in [0.25, 0.3) is 0 Å². The molecule has 0 bridgehead atoms. The van der Waals surface area contributed by atoms with Crippen molar-refractivity contribution in [3.63, 3.8) is 0 Å². The van der Waals surface area contributed by atoms with Gasteiger partial charge in [-0.3, -0.25) is 4.98 Å². The van der Waals surface area contributed by atoms with Gasteiger partial charge in [0.05, 0.1) is 5.69 Å². The second-order valence-corrected chi connectivity index (χ2v) is 5.65. The van der Waals surface area contributed by atoms with E-state index in [9.17, 15) is 4.39 Å². The van der Waals surface area contributed by atoms with E-state index >= 15 is 0 Å². The van der Waals surface area contributed by atoms with E-state index in [0.717, 1.165) is 11.3 Å². The lowest BCUT2D eigenvalue weighted by atomic mass is 10.1. The van der Waals surface area contributed by atoms with Gasteiger partial charge in [-0.15, -0.1) is 0 Å². The maximum absolute atomic E-state index is 13.1. The van der Waals surface area contributed by atoms with Crippen LogP contribution in [0.3, 0.4) is 0 Å². The standard InChI is InChI=1S/C18H15FN4/c19-16-2-1-3-17(22-16)23-18-10-13(8-9-20-18)15-7-6-14(11-21-15)12-4-5-12/h1-3,6-12H,4-5H2,(H,20,22,23). The smallest absolute Gasteiger partial charge is 0.214 e. The lowest BCUT2D eigenvalue weighted by Gasteiger charge is -2.07. The molecule has 0 saturated heterocycles. The fraction of sp³-hybridized carbons (Fsp3) is 0.167. The molecule has 0 amide bonds. The highest BCUT2D eigenvalue weighted by molar-refractivity contribution is 5.65. The average Bonchev–Trinajstić information content (AvgIpc) is 3.40. The van der Waals surface area contributed by atoms with Crippen LogP contribution < -0.4 is 5.32 Å². The van der Waals surface area contributed by atoms with Crippen molar-refractivity contribution in [1.29, 1.82) is 0 Å². The summed E-state index contributed by atoms with van der Waals surface area (Å²) in [6.45, 7) is 0. The molecule has 23 heavy (non-hydrogen) atoms.